The molecule has 0 aromatic heterocycles. The lowest BCUT2D eigenvalue weighted by Gasteiger charge is -2.43. The molecule has 1 saturated carbocycles. The van der Waals surface area contributed by atoms with Crippen LogP contribution >= 0.6 is 0 Å². The molecule has 0 saturated heterocycles. The van der Waals surface area contributed by atoms with Crippen LogP contribution in [0.1, 0.15) is 63.1 Å². The van der Waals surface area contributed by atoms with Gasteiger partial charge in [0.05, 0.1) is 12.1 Å². The quantitative estimate of drug-likeness (QED) is 0.347. The van der Waals surface area contributed by atoms with E-state index in [1.54, 1.807) is 0 Å². The van der Waals surface area contributed by atoms with Crippen molar-refractivity contribution in [3.8, 4) is 0 Å². The first-order valence-electron chi connectivity index (χ1n) is 12.5. The van der Waals surface area contributed by atoms with Crippen molar-refractivity contribution in [2.24, 2.45) is 5.92 Å². The van der Waals surface area contributed by atoms with Crippen LogP contribution in [0, 0.1) is 17.6 Å². The molecule has 2 aromatic carbocycles. The Balaban J connectivity index is 1.83. The van der Waals surface area contributed by atoms with Crippen LogP contribution in [0.25, 0.3) is 0 Å². The number of amides is 1. The lowest BCUT2D eigenvalue weighted by Crippen LogP contribution is -2.53. The number of hydrogen-bond acceptors (Lipinski definition) is 4. The minimum atomic E-state index is -1.33. The van der Waals surface area contributed by atoms with Crippen molar-refractivity contribution in [1.29, 1.82) is 0 Å². The molecule has 2 aromatic rings. The molecule has 0 spiro atoms. The Morgan fingerprint density at radius 2 is 1.75 bits per heavy atom. The third kappa shape index (κ3) is 7.24. The van der Waals surface area contributed by atoms with Crippen molar-refractivity contribution < 1.29 is 28.9 Å². The van der Waals surface area contributed by atoms with Crippen molar-refractivity contribution in [1.82, 2.24) is 10.6 Å². The molecule has 0 radical (unpaired) electrons. The highest BCUT2D eigenvalue weighted by Crippen LogP contribution is 2.40. The van der Waals surface area contributed by atoms with E-state index in [1.807, 2.05) is 6.07 Å². The average molecular weight is 505 g/mol. The molecule has 3 rings (SSSR count). The molecule has 8 heteroatoms. The Morgan fingerprint density at radius 1 is 1.11 bits per heavy atom. The fraction of sp³-hybridized carbons (Fsp3) is 0.536. The zero-order valence-electron chi connectivity index (χ0n) is 21.2. The van der Waals surface area contributed by atoms with E-state index in [0.717, 1.165) is 49.4 Å². The van der Waals surface area contributed by atoms with Gasteiger partial charge in [-0.2, -0.15) is 0 Å². The first-order valence-corrected chi connectivity index (χ1v) is 12.5. The number of carboxylic acid groups (broad SMARTS) is 1. The highest BCUT2D eigenvalue weighted by atomic mass is 19.1. The van der Waals surface area contributed by atoms with Gasteiger partial charge in [-0.15, -0.1) is 0 Å². The number of hydrogen-bond donors (Lipinski definition) is 5. The summed E-state index contributed by atoms with van der Waals surface area (Å²) in [5.74, 6) is -1.30. The monoisotopic (exact) mass is 504 g/mol. The zero-order chi connectivity index (χ0) is 26.5. The summed E-state index contributed by atoms with van der Waals surface area (Å²) in [6.45, 7) is 6.66. The number of halogens is 2. The van der Waals surface area contributed by atoms with Gasteiger partial charge in [0.15, 0.2) is 0 Å². The fourth-order valence-electron chi connectivity index (χ4n) is 5.07. The Morgan fingerprint density at radius 3 is 2.31 bits per heavy atom. The first kappa shape index (κ1) is 28.0. The van der Waals surface area contributed by atoms with E-state index in [2.05, 4.69) is 49.6 Å². The maximum atomic E-state index is 13.7. The number of rotatable bonds is 9. The Labute approximate surface area is 211 Å². The van der Waals surface area contributed by atoms with Gasteiger partial charge in [0, 0.05) is 24.8 Å². The van der Waals surface area contributed by atoms with Gasteiger partial charge in [-0.25, -0.2) is 13.6 Å². The van der Waals surface area contributed by atoms with E-state index in [9.17, 15) is 28.9 Å². The summed E-state index contributed by atoms with van der Waals surface area (Å²) >= 11 is 0. The van der Waals surface area contributed by atoms with Crippen LogP contribution in [0.4, 0.5) is 13.6 Å². The molecular formula is C28H38F2N2O4. The largest absolute Gasteiger partial charge is 0.465 e. The predicted octanol–water partition coefficient (Wildman–Crippen LogP) is 4.47. The standard InChI is InChI=1S/C28H38F2N2O4/c1-27(2,3)20-5-4-6-21(14-20)28(9-7-18(17-33)8-10-28)31-16-25(34)24(32-26(35)36)13-19-11-22(29)15-23(30)12-19/h4-6,11-12,14-15,18,24-25,31-34H,7-10,13,16-17H2,1-3H3,(H,35,36). The molecule has 1 amide bonds. The van der Waals surface area contributed by atoms with Crippen LogP contribution in [-0.2, 0) is 17.4 Å². The minimum Gasteiger partial charge on any atom is -0.465 e. The van der Waals surface area contributed by atoms with Crippen molar-refractivity contribution in [2.45, 2.75) is 76.0 Å². The molecule has 1 fully saturated rings. The Kier molecular flexibility index (Phi) is 9.08. The highest BCUT2D eigenvalue weighted by Gasteiger charge is 2.38. The van der Waals surface area contributed by atoms with Crippen molar-refractivity contribution >= 4 is 6.09 Å². The SMILES string of the molecule is CC(C)(C)c1cccc(C2(NCC(O)C(Cc3cc(F)cc(F)c3)NC(=O)O)CCC(CO)CC2)c1. The molecule has 198 valence electrons. The van der Waals surface area contributed by atoms with Gasteiger partial charge >= 0.3 is 6.09 Å². The van der Waals surface area contributed by atoms with Crippen LogP contribution in [0.3, 0.4) is 0 Å². The zero-order valence-corrected chi connectivity index (χ0v) is 21.2. The summed E-state index contributed by atoms with van der Waals surface area (Å²) in [5.41, 5.74) is 2.03. The lowest BCUT2D eigenvalue weighted by molar-refractivity contribution is 0.0876. The summed E-state index contributed by atoms with van der Waals surface area (Å²) in [6, 6.07) is 10.4. The molecule has 6 nitrogen and oxygen atoms in total. The summed E-state index contributed by atoms with van der Waals surface area (Å²) in [6.07, 6.45) is 0.605. The van der Waals surface area contributed by atoms with Gasteiger partial charge in [0.1, 0.15) is 11.6 Å². The second-order valence-corrected chi connectivity index (χ2v) is 11.0. The van der Waals surface area contributed by atoms with Gasteiger partial charge in [0.2, 0.25) is 0 Å². The van der Waals surface area contributed by atoms with E-state index >= 15 is 0 Å². The summed E-state index contributed by atoms with van der Waals surface area (Å²) in [5, 5.41) is 35.8. The molecule has 36 heavy (non-hydrogen) atoms. The molecule has 1 aliphatic carbocycles. The number of nitrogens with one attached hydrogen (secondary N) is 2. The van der Waals surface area contributed by atoms with Crippen molar-refractivity contribution in [3.05, 3.63) is 70.8 Å². The second kappa shape index (κ2) is 11.7. The summed E-state index contributed by atoms with van der Waals surface area (Å²) in [7, 11) is 0. The fourth-order valence-corrected chi connectivity index (χ4v) is 5.07. The van der Waals surface area contributed by atoms with E-state index in [1.165, 1.54) is 5.56 Å². The van der Waals surface area contributed by atoms with Gasteiger partial charge < -0.3 is 26.0 Å². The van der Waals surface area contributed by atoms with Crippen LogP contribution in [0.15, 0.2) is 42.5 Å². The molecular weight excluding hydrogens is 466 g/mol. The van der Waals surface area contributed by atoms with E-state index in [4.69, 9.17) is 0 Å². The topological polar surface area (TPSA) is 102 Å². The summed E-state index contributed by atoms with van der Waals surface area (Å²) < 4.78 is 27.4. The van der Waals surface area contributed by atoms with Crippen LogP contribution in [0.5, 0.6) is 0 Å². The molecule has 0 bridgehead atoms. The minimum absolute atomic E-state index is 0.0459. The molecule has 2 atom stereocenters. The molecule has 1 aliphatic rings. The van der Waals surface area contributed by atoms with Crippen LogP contribution < -0.4 is 10.6 Å². The Hall–Kier alpha value is -2.55. The first-order chi connectivity index (χ1) is 16.9. The van der Waals surface area contributed by atoms with Gasteiger partial charge in [-0.3, -0.25) is 0 Å². The van der Waals surface area contributed by atoms with Gasteiger partial charge in [0.25, 0.3) is 0 Å². The van der Waals surface area contributed by atoms with Gasteiger partial charge in [-0.05, 0) is 72.3 Å². The van der Waals surface area contributed by atoms with Crippen molar-refractivity contribution in [3.63, 3.8) is 0 Å². The van der Waals surface area contributed by atoms with E-state index in [-0.39, 0.29) is 36.5 Å². The molecule has 0 heterocycles. The average Bonchev–Trinajstić information content (AvgIpc) is 2.81. The maximum absolute atomic E-state index is 13.7. The lowest BCUT2D eigenvalue weighted by atomic mass is 9.71. The van der Waals surface area contributed by atoms with Crippen LogP contribution in [0.2, 0.25) is 0 Å². The number of aliphatic hydroxyl groups is 2. The maximum Gasteiger partial charge on any atom is 0.404 e. The third-order valence-electron chi connectivity index (χ3n) is 7.30. The van der Waals surface area contributed by atoms with Crippen LogP contribution in [-0.4, -0.2) is 46.7 Å². The summed E-state index contributed by atoms with van der Waals surface area (Å²) in [4.78, 5) is 11.4. The number of benzene rings is 2. The molecule has 2 unspecified atom stereocenters. The molecule has 5 N–H and O–H groups in total. The van der Waals surface area contributed by atoms with Crippen molar-refractivity contribution in [2.75, 3.05) is 13.2 Å². The van der Waals surface area contributed by atoms with Gasteiger partial charge in [-0.1, -0.05) is 45.0 Å². The second-order valence-electron chi connectivity index (χ2n) is 11.0. The van der Waals surface area contributed by atoms with E-state index in [0.29, 0.717) is 0 Å². The Bertz CT molecular complexity index is 1010. The number of aliphatic hydroxyl groups excluding tert-OH is 2. The smallest absolute Gasteiger partial charge is 0.404 e. The third-order valence-corrected chi connectivity index (χ3v) is 7.30. The molecule has 0 aliphatic heterocycles. The normalized spacial score (nSPS) is 22.1. The highest BCUT2D eigenvalue weighted by molar-refractivity contribution is 5.65. The van der Waals surface area contributed by atoms with E-state index < -0.39 is 35.4 Å². The number of carbonyl (C=O) groups is 1. The predicted molar refractivity (Wildman–Crippen MR) is 135 cm³/mol.